The van der Waals surface area contributed by atoms with E-state index in [0.717, 1.165) is 89.0 Å². The van der Waals surface area contributed by atoms with E-state index in [1.54, 1.807) is 22.7 Å². The second-order valence-corrected chi connectivity index (χ2v) is 12.4. The summed E-state index contributed by atoms with van der Waals surface area (Å²) < 4.78 is 4.13. The third kappa shape index (κ3) is 4.85. The molecule has 40 heavy (non-hydrogen) atoms. The third-order valence-electron chi connectivity index (χ3n) is 7.47. The Hall–Kier alpha value is -3.78. The molecule has 0 atom stereocenters. The summed E-state index contributed by atoms with van der Waals surface area (Å²) in [6.07, 6.45) is 0. The van der Waals surface area contributed by atoms with Gasteiger partial charge >= 0.3 is 0 Å². The van der Waals surface area contributed by atoms with Crippen LogP contribution in [0, 0.1) is 13.8 Å². The van der Waals surface area contributed by atoms with Crippen molar-refractivity contribution in [2.75, 3.05) is 43.9 Å². The van der Waals surface area contributed by atoms with Gasteiger partial charge in [0.1, 0.15) is 0 Å². The van der Waals surface area contributed by atoms with Crippen LogP contribution in [0.3, 0.4) is 0 Å². The number of nitrogens with zero attached hydrogens (tertiary/aromatic N) is 1. The largest absolute Gasteiger partial charge is 0.383 e. The second kappa shape index (κ2) is 11.0. The Morgan fingerprint density at radius 1 is 0.625 bits per heavy atom. The van der Waals surface area contributed by atoms with Crippen LogP contribution in [-0.4, -0.2) is 38.1 Å². The zero-order valence-corrected chi connectivity index (χ0v) is 24.5. The molecule has 0 aliphatic carbocycles. The highest BCUT2D eigenvalue weighted by atomic mass is 32.1. The predicted octanol–water partition coefficient (Wildman–Crippen LogP) is 7.22. The molecular weight excluding hydrogens is 535 g/mol. The number of fused-ring (bicyclic) bond motifs is 4. The molecule has 0 unspecified atom stereocenters. The molecule has 0 fully saturated rings. The van der Waals surface area contributed by atoms with Crippen molar-refractivity contribution in [3.05, 3.63) is 104 Å². The van der Waals surface area contributed by atoms with E-state index in [1.165, 1.54) is 0 Å². The highest BCUT2D eigenvalue weighted by Gasteiger charge is 2.14. The molecule has 0 amide bonds. The van der Waals surface area contributed by atoms with Gasteiger partial charge in [0.05, 0.1) is 10.8 Å². The van der Waals surface area contributed by atoms with Gasteiger partial charge in [-0.05, 0) is 68.4 Å². The van der Waals surface area contributed by atoms with Gasteiger partial charge in [-0.1, -0.05) is 36.4 Å². The van der Waals surface area contributed by atoms with Crippen LogP contribution in [0.2, 0.25) is 0 Å². The van der Waals surface area contributed by atoms with Crippen molar-refractivity contribution >= 4 is 74.4 Å². The second-order valence-electron chi connectivity index (χ2n) is 10.3. The molecule has 0 saturated heterocycles. The van der Waals surface area contributed by atoms with Crippen LogP contribution in [0.5, 0.6) is 0 Å². The predicted molar refractivity (Wildman–Crippen MR) is 175 cm³/mol. The number of benzene rings is 4. The van der Waals surface area contributed by atoms with Crippen LogP contribution in [0.15, 0.2) is 82.4 Å². The van der Waals surface area contributed by atoms with Gasteiger partial charge in [0.25, 0.3) is 0 Å². The van der Waals surface area contributed by atoms with Crippen LogP contribution in [0.25, 0.3) is 40.3 Å². The highest BCUT2D eigenvalue weighted by molar-refractivity contribution is 7.25. The number of aryl methyl sites for hydroxylation is 2. The van der Waals surface area contributed by atoms with E-state index in [9.17, 15) is 9.59 Å². The standard InChI is InChI=1S/C33H31N3O2S2/c1-20-12-14-24(28-30(37)22-8-4-6-10-26(22)39-32(20)28)34-16-18-36(3)19-17-35-25-15-13-21(2)33-29(25)31(38)23-9-5-7-11-27(23)40-33/h4-15,34-35H,16-19H2,1-3H3. The summed E-state index contributed by atoms with van der Waals surface area (Å²) in [7, 11) is 2.09. The number of nitrogens with one attached hydrogen (secondary N) is 2. The van der Waals surface area contributed by atoms with Crippen LogP contribution in [-0.2, 0) is 0 Å². The molecule has 2 N–H and O–H groups in total. The van der Waals surface area contributed by atoms with Crippen molar-refractivity contribution in [1.82, 2.24) is 4.90 Å². The summed E-state index contributed by atoms with van der Waals surface area (Å²) in [6, 6.07) is 23.9. The Morgan fingerprint density at radius 2 is 1.05 bits per heavy atom. The Kier molecular flexibility index (Phi) is 7.27. The van der Waals surface area contributed by atoms with Gasteiger partial charge < -0.3 is 15.5 Å². The fourth-order valence-electron chi connectivity index (χ4n) is 5.23. The monoisotopic (exact) mass is 565 g/mol. The van der Waals surface area contributed by atoms with Crippen LogP contribution in [0.1, 0.15) is 11.1 Å². The minimum absolute atomic E-state index is 0.0878. The number of hydrogen-bond acceptors (Lipinski definition) is 7. The quantitative estimate of drug-likeness (QED) is 0.191. The Bertz CT molecular complexity index is 1870. The first-order valence-electron chi connectivity index (χ1n) is 13.5. The molecule has 7 heteroatoms. The van der Waals surface area contributed by atoms with Crippen molar-refractivity contribution in [3.63, 3.8) is 0 Å². The van der Waals surface area contributed by atoms with Gasteiger partial charge in [-0.15, -0.1) is 22.7 Å². The lowest BCUT2D eigenvalue weighted by molar-refractivity contribution is 0.361. The maximum atomic E-state index is 13.4. The maximum absolute atomic E-state index is 13.4. The molecular formula is C33H31N3O2S2. The molecule has 0 aliphatic heterocycles. The van der Waals surface area contributed by atoms with Crippen LogP contribution in [0.4, 0.5) is 11.4 Å². The van der Waals surface area contributed by atoms with Crippen molar-refractivity contribution in [3.8, 4) is 0 Å². The maximum Gasteiger partial charge on any atom is 0.197 e. The van der Waals surface area contributed by atoms with Gasteiger partial charge in [-0.2, -0.15) is 0 Å². The van der Waals surface area contributed by atoms with Gasteiger partial charge in [0.15, 0.2) is 10.9 Å². The zero-order chi connectivity index (χ0) is 27.8. The molecule has 0 radical (unpaired) electrons. The number of hydrogen-bond donors (Lipinski definition) is 2. The molecule has 6 rings (SSSR count). The Balaban J connectivity index is 1.13. The molecule has 2 heterocycles. The van der Waals surface area contributed by atoms with E-state index in [0.29, 0.717) is 0 Å². The molecule has 0 spiro atoms. The zero-order valence-electron chi connectivity index (χ0n) is 22.8. The lowest BCUT2D eigenvalue weighted by atomic mass is 10.1. The normalized spacial score (nSPS) is 11.7. The van der Waals surface area contributed by atoms with E-state index >= 15 is 0 Å². The summed E-state index contributed by atoms with van der Waals surface area (Å²) in [6.45, 7) is 7.20. The van der Waals surface area contributed by atoms with Crippen molar-refractivity contribution in [2.24, 2.45) is 0 Å². The SMILES string of the molecule is Cc1ccc(NCCN(C)CCNc2ccc(C)c3sc4ccccc4c(=O)c23)c2c(=O)c3ccccc3sc12. The summed E-state index contributed by atoms with van der Waals surface area (Å²) in [5, 5.41) is 10.1. The number of rotatable bonds is 8. The summed E-state index contributed by atoms with van der Waals surface area (Å²) in [5.74, 6) is 0. The molecule has 0 saturated carbocycles. The van der Waals surface area contributed by atoms with Gasteiger partial charge in [0.2, 0.25) is 0 Å². The first-order valence-corrected chi connectivity index (χ1v) is 15.1. The van der Waals surface area contributed by atoms with E-state index < -0.39 is 0 Å². The summed E-state index contributed by atoms with van der Waals surface area (Å²) in [4.78, 5) is 29.0. The highest BCUT2D eigenvalue weighted by Crippen LogP contribution is 2.32. The molecule has 202 valence electrons. The third-order valence-corrected chi connectivity index (χ3v) is 10.1. The topological polar surface area (TPSA) is 61.4 Å². The smallest absolute Gasteiger partial charge is 0.197 e. The Labute approximate surface area is 240 Å². The summed E-state index contributed by atoms with van der Waals surface area (Å²) in [5.41, 5.74) is 4.20. The fraction of sp³-hybridized carbons (Fsp3) is 0.212. The average molecular weight is 566 g/mol. The molecule has 4 aromatic carbocycles. The van der Waals surface area contributed by atoms with Crippen molar-refractivity contribution < 1.29 is 0 Å². The van der Waals surface area contributed by atoms with Crippen LogP contribution >= 0.6 is 22.7 Å². The van der Waals surface area contributed by atoms with Gasteiger partial charge in [-0.3, -0.25) is 9.59 Å². The first-order chi connectivity index (χ1) is 19.4. The minimum atomic E-state index is 0.0878. The molecule has 5 nitrogen and oxygen atoms in total. The molecule has 6 aromatic rings. The summed E-state index contributed by atoms with van der Waals surface area (Å²) >= 11 is 3.36. The van der Waals surface area contributed by atoms with E-state index in [2.05, 4.69) is 48.6 Å². The van der Waals surface area contributed by atoms with E-state index in [-0.39, 0.29) is 10.9 Å². The van der Waals surface area contributed by atoms with E-state index in [1.807, 2.05) is 60.7 Å². The number of likely N-dealkylation sites (N-methyl/N-ethyl adjacent to an activating group) is 1. The molecule has 0 aliphatic rings. The van der Waals surface area contributed by atoms with E-state index in [4.69, 9.17) is 0 Å². The molecule has 0 bridgehead atoms. The average Bonchev–Trinajstić information content (AvgIpc) is 2.96. The first kappa shape index (κ1) is 26.4. The van der Waals surface area contributed by atoms with Crippen molar-refractivity contribution in [2.45, 2.75) is 13.8 Å². The van der Waals surface area contributed by atoms with Crippen molar-refractivity contribution in [1.29, 1.82) is 0 Å². The minimum Gasteiger partial charge on any atom is -0.383 e. The Morgan fingerprint density at radius 3 is 1.50 bits per heavy atom. The lowest BCUT2D eigenvalue weighted by Gasteiger charge is -2.19. The van der Waals surface area contributed by atoms with Gasteiger partial charge in [0, 0.05) is 67.1 Å². The van der Waals surface area contributed by atoms with Crippen LogP contribution < -0.4 is 21.5 Å². The lowest BCUT2D eigenvalue weighted by Crippen LogP contribution is -2.30. The molecule has 2 aromatic heterocycles. The number of anilines is 2. The van der Waals surface area contributed by atoms with Gasteiger partial charge in [-0.25, -0.2) is 0 Å². The fourth-order valence-corrected chi connectivity index (χ4v) is 7.57.